The summed E-state index contributed by atoms with van der Waals surface area (Å²) in [6, 6.07) is 0.880. The van der Waals surface area contributed by atoms with Gasteiger partial charge in [-0.15, -0.1) is 0 Å². The molecule has 1 heterocycles. The fourth-order valence-corrected chi connectivity index (χ4v) is 1.07. The molecule has 0 aromatic carbocycles. The third-order valence-electron chi connectivity index (χ3n) is 1.77. The standard InChI is InChI=1S/C8H10F2N2O2/c9-8(10)4-1-7(14)6(3-13)12-5(4)2-11/h1,8,13-14H,2-3,11H2. The maximum absolute atomic E-state index is 12.4. The van der Waals surface area contributed by atoms with Crippen molar-refractivity contribution in [2.75, 3.05) is 0 Å². The van der Waals surface area contributed by atoms with Gasteiger partial charge in [0.2, 0.25) is 0 Å². The fourth-order valence-electron chi connectivity index (χ4n) is 1.07. The highest BCUT2D eigenvalue weighted by Gasteiger charge is 2.16. The molecule has 0 spiro atoms. The number of halogens is 2. The number of rotatable bonds is 3. The Hall–Kier alpha value is -1.27. The van der Waals surface area contributed by atoms with Crippen LogP contribution >= 0.6 is 0 Å². The number of hydrogen-bond acceptors (Lipinski definition) is 4. The molecule has 6 heteroatoms. The van der Waals surface area contributed by atoms with Gasteiger partial charge in [-0.2, -0.15) is 0 Å². The summed E-state index contributed by atoms with van der Waals surface area (Å²) in [5.74, 6) is -0.444. The number of pyridine rings is 1. The Morgan fingerprint density at radius 3 is 2.50 bits per heavy atom. The zero-order valence-electron chi connectivity index (χ0n) is 7.24. The van der Waals surface area contributed by atoms with Gasteiger partial charge in [0.05, 0.1) is 12.3 Å². The molecule has 4 nitrogen and oxygen atoms in total. The summed E-state index contributed by atoms with van der Waals surface area (Å²) in [4.78, 5) is 3.63. The first-order valence-electron chi connectivity index (χ1n) is 3.90. The minimum absolute atomic E-state index is 0.0122. The molecule has 4 N–H and O–H groups in total. The van der Waals surface area contributed by atoms with Crippen molar-refractivity contribution in [3.63, 3.8) is 0 Å². The lowest BCUT2D eigenvalue weighted by Crippen LogP contribution is -2.07. The van der Waals surface area contributed by atoms with E-state index in [-0.39, 0.29) is 17.9 Å². The van der Waals surface area contributed by atoms with E-state index in [0.717, 1.165) is 6.07 Å². The Kier molecular flexibility index (Phi) is 3.32. The van der Waals surface area contributed by atoms with Crippen LogP contribution in [0.1, 0.15) is 23.4 Å². The second-order valence-corrected chi connectivity index (χ2v) is 2.65. The van der Waals surface area contributed by atoms with E-state index in [9.17, 15) is 8.78 Å². The fraction of sp³-hybridized carbons (Fsp3) is 0.375. The number of hydrogen-bond donors (Lipinski definition) is 3. The smallest absolute Gasteiger partial charge is 0.265 e. The van der Waals surface area contributed by atoms with Gasteiger partial charge in [0, 0.05) is 12.1 Å². The highest BCUT2D eigenvalue weighted by molar-refractivity contribution is 5.35. The van der Waals surface area contributed by atoms with Crippen LogP contribution in [0.5, 0.6) is 5.75 Å². The minimum Gasteiger partial charge on any atom is -0.506 e. The molecule has 0 aliphatic rings. The summed E-state index contributed by atoms with van der Waals surface area (Å²) >= 11 is 0. The van der Waals surface area contributed by atoms with Gasteiger partial charge in [0.25, 0.3) is 6.43 Å². The average molecular weight is 204 g/mol. The molecule has 0 fully saturated rings. The second-order valence-electron chi connectivity index (χ2n) is 2.65. The summed E-state index contributed by atoms with van der Waals surface area (Å²) in [5.41, 5.74) is 4.74. The quantitative estimate of drug-likeness (QED) is 0.676. The van der Waals surface area contributed by atoms with Gasteiger partial charge in [0.1, 0.15) is 11.4 Å². The Bertz CT molecular complexity index is 331. The Morgan fingerprint density at radius 2 is 2.07 bits per heavy atom. The van der Waals surface area contributed by atoms with E-state index in [2.05, 4.69) is 4.98 Å². The van der Waals surface area contributed by atoms with Crippen molar-refractivity contribution in [3.05, 3.63) is 23.0 Å². The van der Waals surface area contributed by atoms with Gasteiger partial charge >= 0.3 is 0 Å². The molecule has 1 rings (SSSR count). The maximum atomic E-state index is 12.4. The monoisotopic (exact) mass is 204 g/mol. The summed E-state index contributed by atoms with van der Waals surface area (Å²) in [6.07, 6.45) is -2.74. The third-order valence-corrected chi connectivity index (χ3v) is 1.77. The second kappa shape index (κ2) is 4.30. The van der Waals surface area contributed by atoms with Gasteiger partial charge in [0.15, 0.2) is 0 Å². The molecule has 0 saturated heterocycles. The SMILES string of the molecule is NCc1nc(CO)c(O)cc1C(F)F. The van der Waals surface area contributed by atoms with Crippen LogP contribution in [-0.4, -0.2) is 15.2 Å². The van der Waals surface area contributed by atoms with Crippen molar-refractivity contribution in [2.24, 2.45) is 5.73 Å². The average Bonchev–Trinajstić information content (AvgIpc) is 2.17. The first-order chi connectivity index (χ1) is 6.60. The van der Waals surface area contributed by atoms with Crippen molar-refractivity contribution >= 4 is 0 Å². The van der Waals surface area contributed by atoms with Gasteiger partial charge < -0.3 is 15.9 Å². The first-order valence-corrected chi connectivity index (χ1v) is 3.90. The zero-order valence-corrected chi connectivity index (χ0v) is 7.24. The third kappa shape index (κ3) is 1.97. The lowest BCUT2D eigenvalue weighted by molar-refractivity contribution is 0.149. The number of nitrogens with zero attached hydrogens (tertiary/aromatic N) is 1. The molecular formula is C8H10F2N2O2. The Balaban J connectivity index is 3.24. The molecule has 0 unspecified atom stereocenters. The predicted octanol–water partition coefficient (Wildman–Crippen LogP) is 0.676. The van der Waals surface area contributed by atoms with E-state index >= 15 is 0 Å². The molecule has 0 aliphatic heterocycles. The van der Waals surface area contributed by atoms with E-state index in [1.165, 1.54) is 0 Å². The van der Waals surface area contributed by atoms with E-state index in [1.807, 2.05) is 0 Å². The lowest BCUT2D eigenvalue weighted by Gasteiger charge is -2.09. The molecular weight excluding hydrogens is 194 g/mol. The molecule has 0 amide bonds. The number of aliphatic hydroxyl groups excluding tert-OH is 1. The van der Waals surface area contributed by atoms with Crippen LogP contribution in [0.3, 0.4) is 0 Å². The number of aromatic hydroxyl groups is 1. The van der Waals surface area contributed by atoms with E-state index in [4.69, 9.17) is 15.9 Å². The first kappa shape index (κ1) is 10.8. The van der Waals surface area contributed by atoms with E-state index in [0.29, 0.717) is 0 Å². The van der Waals surface area contributed by atoms with Crippen LogP contribution in [0.4, 0.5) is 8.78 Å². The molecule has 0 radical (unpaired) electrons. The van der Waals surface area contributed by atoms with Crippen LogP contribution < -0.4 is 5.73 Å². The van der Waals surface area contributed by atoms with Crippen LogP contribution in [0.15, 0.2) is 6.07 Å². The largest absolute Gasteiger partial charge is 0.506 e. The van der Waals surface area contributed by atoms with Crippen LogP contribution in [-0.2, 0) is 13.2 Å². The molecule has 0 bridgehead atoms. The van der Waals surface area contributed by atoms with Gasteiger partial charge in [-0.1, -0.05) is 0 Å². The number of aliphatic hydroxyl groups is 1. The van der Waals surface area contributed by atoms with Crippen LogP contribution in [0.2, 0.25) is 0 Å². The lowest BCUT2D eigenvalue weighted by atomic mass is 10.1. The molecule has 78 valence electrons. The molecule has 0 saturated carbocycles. The highest BCUT2D eigenvalue weighted by Crippen LogP contribution is 2.27. The number of nitrogens with two attached hydrogens (primary N) is 1. The van der Waals surface area contributed by atoms with Gasteiger partial charge in [-0.25, -0.2) is 13.8 Å². The predicted molar refractivity (Wildman–Crippen MR) is 44.7 cm³/mol. The van der Waals surface area contributed by atoms with Crippen molar-refractivity contribution < 1.29 is 19.0 Å². The molecule has 14 heavy (non-hydrogen) atoms. The molecule has 1 aromatic rings. The van der Waals surface area contributed by atoms with Gasteiger partial charge in [-0.05, 0) is 6.07 Å². The highest BCUT2D eigenvalue weighted by atomic mass is 19.3. The van der Waals surface area contributed by atoms with Crippen molar-refractivity contribution in [1.29, 1.82) is 0 Å². The zero-order chi connectivity index (χ0) is 10.7. The summed E-state index contributed by atoms with van der Waals surface area (Å²) in [7, 11) is 0. The van der Waals surface area contributed by atoms with Crippen molar-refractivity contribution in [1.82, 2.24) is 4.98 Å². The van der Waals surface area contributed by atoms with Gasteiger partial charge in [-0.3, -0.25) is 0 Å². The number of aromatic nitrogens is 1. The van der Waals surface area contributed by atoms with E-state index in [1.54, 1.807) is 0 Å². The Labute approximate surface area is 79.0 Å². The normalized spacial score (nSPS) is 10.9. The molecule has 1 aromatic heterocycles. The molecule has 0 atom stereocenters. The van der Waals surface area contributed by atoms with Crippen LogP contribution in [0.25, 0.3) is 0 Å². The Morgan fingerprint density at radius 1 is 1.43 bits per heavy atom. The van der Waals surface area contributed by atoms with Crippen molar-refractivity contribution in [3.8, 4) is 5.75 Å². The van der Waals surface area contributed by atoms with E-state index < -0.39 is 24.3 Å². The van der Waals surface area contributed by atoms with Crippen molar-refractivity contribution in [2.45, 2.75) is 19.6 Å². The number of alkyl halides is 2. The topological polar surface area (TPSA) is 79.4 Å². The maximum Gasteiger partial charge on any atom is 0.265 e. The summed E-state index contributed by atoms with van der Waals surface area (Å²) in [6.45, 7) is -0.671. The van der Waals surface area contributed by atoms with Crippen LogP contribution in [0, 0.1) is 0 Å². The summed E-state index contributed by atoms with van der Waals surface area (Å²) in [5, 5.41) is 17.9. The molecule has 0 aliphatic carbocycles. The summed E-state index contributed by atoms with van der Waals surface area (Å²) < 4.78 is 24.7. The minimum atomic E-state index is -2.74.